The molecule has 1 heterocycles. The minimum absolute atomic E-state index is 0.00212. The van der Waals surface area contributed by atoms with E-state index in [-0.39, 0.29) is 13.0 Å². The van der Waals surface area contributed by atoms with E-state index in [1.165, 1.54) is 13.3 Å². The summed E-state index contributed by atoms with van der Waals surface area (Å²) >= 11 is 0. The monoisotopic (exact) mass is 452 g/mol. The summed E-state index contributed by atoms with van der Waals surface area (Å²) in [6.45, 7) is -0.701. The maximum atomic E-state index is 12.6. The molecule has 3 rings (SSSR count). The number of nitrogens with zero attached hydrogens (tertiary/aromatic N) is 2. The van der Waals surface area contributed by atoms with E-state index in [2.05, 4.69) is 20.6 Å². The molecule has 33 heavy (non-hydrogen) atoms. The van der Waals surface area contributed by atoms with Gasteiger partial charge < -0.3 is 25.2 Å². The van der Waals surface area contributed by atoms with Crippen molar-refractivity contribution in [1.82, 2.24) is 20.6 Å². The van der Waals surface area contributed by atoms with Crippen LogP contribution >= 0.6 is 0 Å². The van der Waals surface area contributed by atoms with Crippen molar-refractivity contribution in [3.05, 3.63) is 72.1 Å². The maximum Gasteiger partial charge on any atom is 0.408 e. The lowest BCUT2D eigenvalue weighted by molar-refractivity contribution is -0.145. The number of aliphatic hydroxyl groups is 1. The Balaban J connectivity index is 1.62. The molecule has 10 nitrogen and oxygen atoms in total. The van der Waals surface area contributed by atoms with Crippen molar-refractivity contribution in [2.24, 2.45) is 0 Å². The van der Waals surface area contributed by atoms with E-state index in [1.54, 1.807) is 36.4 Å². The predicted octanol–water partition coefficient (Wildman–Crippen LogP) is 1.12. The van der Waals surface area contributed by atoms with Crippen molar-refractivity contribution in [3.8, 4) is 0 Å². The molecule has 3 N–H and O–H groups in total. The first-order valence-corrected chi connectivity index (χ1v) is 10.2. The summed E-state index contributed by atoms with van der Waals surface area (Å²) in [5, 5.41) is 14.3. The summed E-state index contributed by atoms with van der Waals surface area (Å²) in [6.07, 6.45) is 0.628. The molecule has 172 valence electrons. The molecule has 0 unspecified atom stereocenters. The molecule has 2 amide bonds. The molecule has 0 saturated heterocycles. The summed E-state index contributed by atoms with van der Waals surface area (Å²) < 4.78 is 9.85. The van der Waals surface area contributed by atoms with E-state index >= 15 is 0 Å². The summed E-state index contributed by atoms with van der Waals surface area (Å²) in [6, 6.07) is 13.8. The van der Waals surface area contributed by atoms with Gasteiger partial charge in [0, 0.05) is 12.6 Å². The number of carbonyl (C=O) groups is 3. The van der Waals surface area contributed by atoms with Gasteiger partial charge in [-0.25, -0.2) is 14.6 Å². The van der Waals surface area contributed by atoms with Gasteiger partial charge in [-0.3, -0.25) is 9.78 Å². The molecule has 2 aromatic carbocycles. The number of alkyl carbamates (subject to hydrolysis) is 1. The number of rotatable bonds is 9. The van der Waals surface area contributed by atoms with E-state index in [9.17, 15) is 19.5 Å². The van der Waals surface area contributed by atoms with Gasteiger partial charge in [-0.2, -0.15) is 0 Å². The van der Waals surface area contributed by atoms with Crippen molar-refractivity contribution in [2.45, 2.75) is 25.1 Å². The first kappa shape index (κ1) is 23.6. The third kappa shape index (κ3) is 6.71. The number of carbonyl (C=O) groups excluding carboxylic acids is 3. The quantitative estimate of drug-likeness (QED) is 0.410. The molecule has 0 bridgehead atoms. The largest absolute Gasteiger partial charge is 0.467 e. The zero-order valence-electron chi connectivity index (χ0n) is 17.9. The molecule has 3 aromatic rings. The fourth-order valence-corrected chi connectivity index (χ4v) is 3.01. The Morgan fingerprint density at radius 2 is 1.67 bits per heavy atom. The summed E-state index contributed by atoms with van der Waals surface area (Å²) in [4.78, 5) is 45.7. The average Bonchev–Trinajstić information content (AvgIpc) is 2.85. The molecule has 0 aliphatic heterocycles. The molecule has 0 radical (unpaired) electrons. The molecule has 10 heteroatoms. The normalized spacial score (nSPS) is 12.4. The number of aromatic nitrogens is 2. The lowest BCUT2D eigenvalue weighted by atomic mass is 10.1. The van der Waals surface area contributed by atoms with Crippen LogP contribution < -0.4 is 10.6 Å². The van der Waals surface area contributed by atoms with Crippen molar-refractivity contribution < 1.29 is 29.0 Å². The van der Waals surface area contributed by atoms with Crippen LogP contribution in [0.1, 0.15) is 11.3 Å². The number of aliphatic hydroxyl groups excluding tert-OH is 1. The highest BCUT2D eigenvalue weighted by molar-refractivity contribution is 5.89. The fraction of sp³-hybridized carbons (Fsp3) is 0.261. The number of hydrogen-bond donors (Lipinski definition) is 3. The average molecular weight is 452 g/mol. The summed E-state index contributed by atoms with van der Waals surface area (Å²) in [5.74, 6) is -1.49. The van der Waals surface area contributed by atoms with E-state index in [0.717, 1.165) is 5.56 Å². The smallest absolute Gasteiger partial charge is 0.408 e. The predicted molar refractivity (Wildman–Crippen MR) is 118 cm³/mol. The van der Waals surface area contributed by atoms with Crippen molar-refractivity contribution in [3.63, 3.8) is 0 Å². The number of methoxy groups -OCH3 is 1. The molecular formula is C23H24N4O6. The van der Waals surface area contributed by atoms with Gasteiger partial charge in [0.2, 0.25) is 5.91 Å². The summed E-state index contributed by atoms with van der Waals surface area (Å²) in [5.41, 5.74) is 2.56. The van der Waals surface area contributed by atoms with Crippen molar-refractivity contribution >= 4 is 29.0 Å². The van der Waals surface area contributed by atoms with Gasteiger partial charge in [0.1, 0.15) is 18.7 Å². The van der Waals surface area contributed by atoms with E-state index in [1.807, 2.05) is 18.2 Å². The number of amides is 2. The topological polar surface area (TPSA) is 140 Å². The SMILES string of the molecule is COC(=O)[C@@H](Cc1cnc2ccccc2n1)NC(=O)[C@H](CO)NC(=O)OCc1ccccc1. The number of esters is 1. The number of hydrogen-bond acceptors (Lipinski definition) is 8. The van der Waals surface area contributed by atoms with Gasteiger partial charge in [-0.1, -0.05) is 42.5 Å². The first-order valence-electron chi connectivity index (χ1n) is 10.2. The highest BCUT2D eigenvalue weighted by Crippen LogP contribution is 2.10. The van der Waals surface area contributed by atoms with E-state index in [0.29, 0.717) is 16.7 Å². The second-order valence-corrected chi connectivity index (χ2v) is 7.08. The zero-order chi connectivity index (χ0) is 23.6. The van der Waals surface area contributed by atoms with Crippen LogP contribution in [-0.2, 0) is 32.1 Å². The van der Waals surface area contributed by atoms with E-state index < -0.39 is 36.7 Å². The molecule has 0 spiro atoms. The summed E-state index contributed by atoms with van der Waals surface area (Å²) in [7, 11) is 1.19. The standard InChI is InChI=1S/C23H24N4O6/c1-32-22(30)19(11-16-12-24-17-9-5-6-10-18(17)25-16)26-21(29)20(13-28)27-23(31)33-14-15-7-3-2-4-8-15/h2-10,12,19-20,28H,11,13-14H2,1H3,(H,26,29)(H,27,31)/t19-,20+/m1/s1. The Morgan fingerprint density at radius 1 is 0.970 bits per heavy atom. The minimum Gasteiger partial charge on any atom is -0.467 e. The molecule has 0 aliphatic rings. The van der Waals surface area contributed by atoms with E-state index in [4.69, 9.17) is 9.47 Å². The zero-order valence-corrected chi connectivity index (χ0v) is 17.9. The Labute approximate surface area is 189 Å². The third-order valence-corrected chi connectivity index (χ3v) is 4.72. The Bertz CT molecular complexity index is 1110. The van der Waals surface area contributed by atoms with Crippen molar-refractivity contribution in [1.29, 1.82) is 0 Å². The number of nitrogens with one attached hydrogen (secondary N) is 2. The fourth-order valence-electron chi connectivity index (χ4n) is 3.01. The van der Waals surface area contributed by atoms with Crippen LogP contribution in [0.5, 0.6) is 0 Å². The maximum absolute atomic E-state index is 12.6. The number of fused-ring (bicyclic) bond motifs is 1. The lowest BCUT2D eigenvalue weighted by Gasteiger charge is -2.20. The second-order valence-electron chi connectivity index (χ2n) is 7.08. The van der Waals surface area contributed by atoms with Gasteiger partial charge in [0.25, 0.3) is 0 Å². The molecule has 2 atom stereocenters. The Morgan fingerprint density at radius 3 is 2.36 bits per heavy atom. The number of para-hydroxylation sites is 2. The highest BCUT2D eigenvalue weighted by Gasteiger charge is 2.28. The highest BCUT2D eigenvalue weighted by atomic mass is 16.5. The van der Waals surface area contributed by atoms with Crippen LogP contribution in [0.3, 0.4) is 0 Å². The molecule has 1 aromatic heterocycles. The number of ether oxygens (including phenoxy) is 2. The van der Waals surface area contributed by atoms with Crippen LogP contribution in [0.15, 0.2) is 60.8 Å². The van der Waals surface area contributed by atoms with Crippen LogP contribution in [0.4, 0.5) is 4.79 Å². The van der Waals surface area contributed by atoms with Gasteiger partial charge in [-0.05, 0) is 17.7 Å². The molecular weight excluding hydrogens is 428 g/mol. The van der Waals surface area contributed by atoms with Crippen LogP contribution in [0, 0.1) is 0 Å². The lowest BCUT2D eigenvalue weighted by Crippen LogP contribution is -2.54. The Hall–Kier alpha value is -4.05. The molecule has 0 fully saturated rings. The second kappa shape index (κ2) is 11.5. The van der Waals surface area contributed by atoms with Crippen LogP contribution in [0.2, 0.25) is 0 Å². The third-order valence-electron chi connectivity index (χ3n) is 4.72. The first-order chi connectivity index (χ1) is 16.0. The molecule has 0 aliphatic carbocycles. The number of benzene rings is 2. The minimum atomic E-state index is -1.33. The van der Waals surface area contributed by atoms with Crippen molar-refractivity contribution in [2.75, 3.05) is 13.7 Å². The van der Waals surface area contributed by atoms with Crippen LogP contribution in [-0.4, -0.2) is 58.8 Å². The van der Waals surface area contributed by atoms with Gasteiger partial charge in [0.05, 0.1) is 30.4 Å². The van der Waals surface area contributed by atoms with Gasteiger partial charge >= 0.3 is 12.1 Å². The van der Waals surface area contributed by atoms with Gasteiger partial charge in [-0.15, -0.1) is 0 Å². The Kier molecular flexibility index (Phi) is 8.25. The molecule has 0 saturated carbocycles. The van der Waals surface area contributed by atoms with Gasteiger partial charge in [0.15, 0.2) is 0 Å². The van der Waals surface area contributed by atoms with Crippen LogP contribution in [0.25, 0.3) is 11.0 Å².